The second kappa shape index (κ2) is 6.59. The molecule has 0 saturated carbocycles. The van der Waals surface area contributed by atoms with Crippen molar-refractivity contribution in [2.24, 2.45) is 0 Å². The average molecular weight is 264 g/mol. The molecule has 0 aromatic heterocycles. The molecule has 1 rings (SSSR count). The molecule has 0 N–H and O–H groups in total. The van der Waals surface area contributed by atoms with Crippen molar-refractivity contribution in [3.63, 3.8) is 0 Å². The van der Waals surface area contributed by atoms with Crippen LogP contribution in [0.15, 0.2) is 0 Å². The second-order valence-corrected chi connectivity index (χ2v) is 4.15. The molecule has 102 valence electrons. The van der Waals surface area contributed by atoms with Crippen molar-refractivity contribution in [1.82, 2.24) is 4.90 Å². The fourth-order valence-electron chi connectivity index (χ4n) is 1.86. The van der Waals surface area contributed by atoms with Gasteiger partial charge in [-0.1, -0.05) is 0 Å². The zero-order chi connectivity index (χ0) is 13.6. The monoisotopic (exact) mass is 264 g/mol. The van der Waals surface area contributed by atoms with Gasteiger partial charge in [-0.25, -0.2) is 0 Å². The minimum Gasteiger partial charge on any atom is -0.372 e. The summed E-state index contributed by atoms with van der Waals surface area (Å²) in [6, 6.07) is 1.58. The van der Waals surface area contributed by atoms with Gasteiger partial charge in [-0.15, -0.1) is 0 Å². The Morgan fingerprint density at radius 1 is 1.44 bits per heavy atom. The van der Waals surface area contributed by atoms with E-state index in [1.54, 1.807) is 0 Å². The van der Waals surface area contributed by atoms with Crippen LogP contribution < -0.4 is 0 Å². The summed E-state index contributed by atoms with van der Waals surface area (Å²) in [5, 5.41) is 8.86. The summed E-state index contributed by atoms with van der Waals surface area (Å²) in [6.45, 7) is -1.12. The Morgan fingerprint density at radius 3 is 2.78 bits per heavy atom. The maximum atomic E-state index is 11.8. The van der Waals surface area contributed by atoms with E-state index in [2.05, 4.69) is 4.74 Å². The van der Waals surface area contributed by atoms with Gasteiger partial charge in [-0.3, -0.25) is 4.79 Å². The van der Waals surface area contributed by atoms with Crippen molar-refractivity contribution in [3.05, 3.63) is 0 Å². The van der Waals surface area contributed by atoms with Crippen LogP contribution in [0, 0.1) is 11.3 Å². The Bertz CT molecular complexity index is 325. The van der Waals surface area contributed by atoms with Crippen LogP contribution in [0.25, 0.3) is 0 Å². The van der Waals surface area contributed by atoms with E-state index in [0.717, 1.165) is 12.8 Å². The van der Waals surface area contributed by atoms with Crippen molar-refractivity contribution in [2.45, 2.75) is 37.9 Å². The molecule has 1 aliphatic rings. The normalized spacial score (nSPS) is 20.6. The average Bonchev–Trinajstić information content (AvgIpc) is 2.33. The summed E-state index contributed by atoms with van der Waals surface area (Å²) < 4.78 is 39.7. The molecule has 0 aliphatic carbocycles. The largest absolute Gasteiger partial charge is 0.411 e. The number of nitrogens with zero attached hydrogens (tertiary/aromatic N) is 2. The van der Waals surface area contributed by atoms with Crippen LogP contribution in [0.1, 0.15) is 25.7 Å². The second-order valence-electron chi connectivity index (χ2n) is 4.15. The number of ether oxygens (including phenoxy) is 1. The fraction of sp³-hybridized carbons (Fsp3) is 0.818. The molecule has 4 nitrogen and oxygen atoms in total. The highest BCUT2D eigenvalue weighted by Gasteiger charge is 2.28. The van der Waals surface area contributed by atoms with Crippen molar-refractivity contribution in [2.75, 3.05) is 19.8 Å². The van der Waals surface area contributed by atoms with E-state index in [0.29, 0.717) is 13.0 Å². The molecule has 18 heavy (non-hydrogen) atoms. The van der Waals surface area contributed by atoms with Crippen molar-refractivity contribution >= 4 is 5.91 Å². The van der Waals surface area contributed by atoms with Gasteiger partial charge < -0.3 is 9.64 Å². The number of nitriles is 1. The van der Waals surface area contributed by atoms with Crippen LogP contribution in [0.3, 0.4) is 0 Å². The number of piperidine rings is 1. The van der Waals surface area contributed by atoms with Crippen LogP contribution in [0.4, 0.5) is 13.2 Å². The molecule has 7 heteroatoms. The van der Waals surface area contributed by atoms with Gasteiger partial charge in [0.1, 0.15) is 12.6 Å². The molecule has 1 unspecified atom stereocenters. The number of carbonyl (C=O) groups excluding carboxylic acids is 1. The first-order chi connectivity index (χ1) is 8.44. The van der Waals surface area contributed by atoms with Gasteiger partial charge in [0.25, 0.3) is 0 Å². The number of halogens is 3. The van der Waals surface area contributed by atoms with E-state index in [4.69, 9.17) is 5.26 Å². The predicted molar refractivity (Wildman–Crippen MR) is 56.5 cm³/mol. The SMILES string of the molecule is N#CC1CCCCN1C(=O)CCOCC(F)(F)F. The highest BCUT2D eigenvalue weighted by Crippen LogP contribution is 2.18. The summed E-state index contributed by atoms with van der Waals surface area (Å²) >= 11 is 0. The molecule has 1 aliphatic heterocycles. The molecule has 1 saturated heterocycles. The first kappa shape index (κ1) is 14.8. The van der Waals surface area contributed by atoms with E-state index in [-0.39, 0.29) is 18.9 Å². The zero-order valence-corrected chi connectivity index (χ0v) is 9.87. The Hall–Kier alpha value is -1.29. The number of hydrogen-bond donors (Lipinski definition) is 0. The smallest absolute Gasteiger partial charge is 0.372 e. The summed E-state index contributed by atoms with van der Waals surface area (Å²) in [6.07, 6.45) is -2.14. The molecule has 0 aromatic rings. The molecule has 0 bridgehead atoms. The number of likely N-dealkylation sites (tertiary alicyclic amines) is 1. The Labute approximate surface area is 103 Å². The summed E-state index contributed by atoms with van der Waals surface area (Å²) in [4.78, 5) is 13.1. The van der Waals surface area contributed by atoms with E-state index in [9.17, 15) is 18.0 Å². The number of carbonyl (C=O) groups is 1. The van der Waals surface area contributed by atoms with Crippen LogP contribution in [-0.2, 0) is 9.53 Å². The summed E-state index contributed by atoms with van der Waals surface area (Å²) in [5.41, 5.74) is 0. The lowest BCUT2D eigenvalue weighted by atomic mass is 10.0. The molecular weight excluding hydrogens is 249 g/mol. The summed E-state index contributed by atoms with van der Waals surface area (Å²) in [7, 11) is 0. The maximum Gasteiger partial charge on any atom is 0.411 e. The first-order valence-corrected chi connectivity index (χ1v) is 5.77. The van der Waals surface area contributed by atoms with E-state index >= 15 is 0 Å². The van der Waals surface area contributed by atoms with Gasteiger partial charge in [0, 0.05) is 6.54 Å². The van der Waals surface area contributed by atoms with E-state index in [1.807, 2.05) is 6.07 Å². The van der Waals surface area contributed by atoms with E-state index < -0.39 is 18.8 Å². The standard InChI is InChI=1S/C11H15F3N2O2/c12-11(13,14)8-18-6-4-10(17)16-5-2-1-3-9(16)7-15/h9H,1-6,8H2. The molecule has 1 amide bonds. The van der Waals surface area contributed by atoms with E-state index in [1.165, 1.54) is 4.90 Å². The van der Waals surface area contributed by atoms with Gasteiger partial charge in [0.2, 0.25) is 5.91 Å². The zero-order valence-electron chi connectivity index (χ0n) is 9.87. The molecule has 1 atom stereocenters. The van der Waals surface area contributed by atoms with Crippen LogP contribution in [-0.4, -0.2) is 42.8 Å². The molecule has 0 spiro atoms. The maximum absolute atomic E-state index is 11.8. The first-order valence-electron chi connectivity index (χ1n) is 5.77. The minimum atomic E-state index is -4.37. The van der Waals surface area contributed by atoms with Crippen LogP contribution in [0.2, 0.25) is 0 Å². The number of alkyl halides is 3. The lowest BCUT2D eigenvalue weighted by Gasteiger charge is -2.31. The van der Waals surface area contributed by atoms with Gasteiger partial charge in [0.05, 0.1) is 19.1 Å². The molecule has 0 radical (unpaired) electrons. The highest BCUT2D eigenvalue weighted by atomic mass is 19.4. The Balaban J connectivity index is 2.29. The van der Waals surface area contributed by atoms with Crippen LogP contribution in [0.5, 0.6) is 0 Å². The Kier molecular flexibility index (Phi) is 5.41. The summed E-state index contributed by atoms with van der Waals surface area (Å²) in [5.74, 6) is -0.316. The van der Waals surface area contributed by atoms with Gasteiger partial charge in [0.15, 0.2) is 0 Å². The lowest BCUT2D eigenvalue weighted by molar-refractivity contribution is -0.175. The molecule has 1 heterocycles. The molecular formula is C11H15F3N2O2. The molecule has 1 fully saturated rings. The van der Waals surface area contributed by atoms with Gasteiger partial charge in [-0.2, -0.15) is 18.4 Å². The fourth-order valence-corrected chi connectivity index (χ4v) is 1.86. The third-order valence-corrected chi connectivity index (χ3v) is 2.70. The topological polar surface area (TPSA) is 53.3 Å². The third kappa shape index (κ3) is 4.92. The minimum absolute atomic E-state index is 0.117. The Morgan fingerprint density at radius 2 is 2.17 bits per heavy atom. The third-order valence-electron chi connectivity index (χ3n) is 2.70. The predicted octanol–water partition coefficient (Wildman–Crippen LogP) is 1.86. The van der Waals surface area contributed by atoms with Crippen molar-refractivity contribution < 1.29 is 22.7 Å². The molecule has 0 aromatic carbocycles. The highest BCUT2D eigenvalue weighted by molar-refractivity contribution is 5.77. The van der Waals surface area contributed by atoms with Crippen molar-refractivity contribution in [3.8, 4) is 6.07 Å². The van der Waals surface area contributed by atoms with Gasteiger partial charge >= 0.3 is 6.18 Å². The van der Waals surface area contributed by atoms with Crippen LogP contribution >= 0.6 is 0 Å². The lowest BCUT2D eigenvalue weighted by Crippen LogP contribution is -2.43. The number of hydrogen-bond acceptors (Lipinski definition) is 3. The quantitative estimate of drug-likeness (QED) is 0.728. The number of rotatable bonds is 4. The van der Waals surface area contributed by atoms with Gasteiger partial charge in [-0.05, 0) is 19.3 Å². The number of amides is 1. The van der Waals surface area contributed by atoms with Crippen molar-refractivity contribution in [1.29, 1.82) is 5.26 Å².